The quantitative estimate of drug-likeness (QED) is 0.581. The SMILES string of the molecule is CC(C)CCOCCCCC(=O)N(C)C. The van der Waals surface area contributed by atoms with Crippen LogP contribution in [0.15, 0.2) is 0 Å². The minimum Gasteiger partial charge on any atom is -0.381 e. The summed E-state index contributed by atoms with van der Waals surface area (Å²) in [4.78, 5) is 12.8. The van der Waals surface area contributed by atoms with E-state index in [0.717, 1.165) is 32.5 Å². The van der Waals surface area contributed by atoms with Crippen LogP contribution in [0.3, 0.4) is 0 Å². The van der Waals surface area contributed by atoms with Crippen molar-refractivity contribution < 1.29 is 9.53 Å². The molecule has 0 spiro atoms. The molecule has 0 rings (SSSR count). The predicted molar refractivity (Wildman–Crippen MR) is 62.8 cm³/mol. The Balaban J connectivity index is 3.15. The average Bonchev–Trinajstić information content (AvgIpc) is 2.15. The first-order valence-corrected chi connectivity index (χ1v) is 5.82. The van der Waals surface area contributed by atoms with E-state index < -0.39 is 0 Å². The van der Waals surface area contributed by atoms with Crippen LogP contribution in [0.1, 0.15) is 39.5 Å². The lowest BCUT2D eigenvalue weighted by atomic mass is 10.1. The Morgan fingerprint density at radius 2 is 1.87 bits per heavy atom. The first-order chi connectivity index (χ1) is 7.04. The second-order valence-corrected chi connectivity index (χ2v) is 4.54. The highest BCUT2D eigenvalue weighted by atomic mass is 16.5. The van der Waals surface area contributed by atoms with Gasteiger partial charge in [-0.2, -0.15) is 0 Å². The van der Waals surface area contributed by atoms with E-state index in [0.29, 0.717) is 12.3 Å². The summed E-state index contributed by atoms with van der Waals surface area (Å²) >= 11 is 0. The molecular formula is C12H25NO2. The van der Waals surface area contributed by atoms with Gasteiger partial charge in [0.25, 0.3) is 0 Å². The largest absolute Gasteiger partial charge is 0.381 e. The summed E-state index contributed by atoms with van der Waals surface area (Å²) in [5.41, 5.74) is 0. The maximum Gasteiger partial charge on any atom is 0.222 e. The van der Waals surface area contributed by atoms with Gasteiger partial charge in [-0.3, -0.25) is 4.79 Å². The molecule has 0 atom stereocenters. The smallest absolute Gasteiger partial charge is 0.222 e. The van der Waals surface area contributed by atoms with Crippen LogP contribution in [0.25, 0.3) is 0 Å². The Bertz CT molecular complexity index is 167. The third-order valence-electron chi connectivity index (χ3n) is 2.27. The molecule has 0 aromatic carbocycles. The minimum atomic E-state index is 0.206. The molecule has 0 fully saturated rings. The zero-order valence-electron chi connectivity index (χ0n) is 10.6. The summed E-state index contributed by atoms with van der Waals surface area (Å²) < 4.78 is 5.46. The molecule has 0 radical (unpaired) electrons. The Morgan fingerprint density at radius 3 is 2.40 bits per heavy atom. The van der Waals surface area contributed by atoms with Crippen LogP contribution >= 0.6 is 0 Å². The first-order valence-electron chi connectivity index (χ1n) is 5.82. The van der Waals surface area contributed by atoms with Gasteiger partial charge in [0.15, 0.2) is 0 Å². The van der Waals surface area contributed by atoms with E-state index >= 15 is 0 Å². The van der Waals surface area contributed by atoms with E-state index in [1.54, 1.807) is 19.0 Å². The predicted octanol–water partition coefficient (Wildman–Crippen LogP) is 2.31. The third kappa shape index (κ3) is 9.73. The molecule has 0 aromatic rings. The normalized spacial score (nSPS) is 10.7. The van der Waals surface area contributed by atoms with Crippen LogP contribution in [-0.2, 0) is 9.53 Å². The number of nitrogens with zero attached hydrogens (tertiary/aromatic N) is 1. The number of unbranched alkanes of at least 4 members (excludes halogenated alkanes) is 1. The Kier molecular flexibility index (Phi) is 8.38. The highest BCUT2D eigenvalue weighted by Gasteiger charge is 2.02. The monoisotopic (exact) mass is 215 g/mol. The molecule has 0 unspecified atom stereocenters. The second kappa shape index (κ2) is 8.72. The Morgan fingerprint density at radius 1 is 1.20 bits per heavy atom. The van der Waals surface area contributed by atoms with Gasteiger partial charge in [-0.1, -0.05) is 13.8 Å². The van der Waals surface area contributed by atoms with Crippen molar-refractivity contribution in [3.8, 4) is 0 Å². The van der Waals surface area contributed by atoms with E-state index in [1.165, 1.54) is 0 Å². The molecule has 0 aliphatic rings. The van der Waals surface area contributed by atoms with Crippen molar-refractivity contribution in [1.29, 1.82) is 0 Å². The molecular weight excluding hydrogens is 190 g/mol. The highest BCUT2D eigenvalue weighted by Crippen LogP contribution is 2.01. The number of rotatable bonds is 8. The molecule has 0 bridgehead atoms. The number of carbonyl (C=O) groups is 1. The van der Waals surface area contributed by atoms with Crippen molar-refractivity contribution in [3.63, 3.8) is 0 Å². The first kappa shape index (κ1) is 14.4. The lowest BCUT2D eigenvalue weighted by molar-refractivity contribution is -0.128. The van der Waals surface area contributed by atoms with Crippen LogP contribution in [0.5, 0.6) is 0 Å². The molecule has 0 aromatic heterocycles. The second-order valence-electron chi connectivity index (χ2n) is 4.54. The van der Waals surface area contributed by atoms with Gasteiger partial charge in [0, 0.05) is 33.7 Å². The van der Waals surface area contributed by atoms with Gasteiger partial charge in [-0.25, -0.2) is 0 Å². The summed E-state index contributed by atoms with van der Waals surface area (Å²) in [6, 6.07) is 0. The summed E-state index contributed by atoms with van der Waals surface area (Å²) in [7, 11) is 3.59. The van der Waals surface area contributed by atoms with Crippen molar-refractivity contribution in [2.24, 2.45) is 5.92 Å². The fraction of sp³-hybridized carbons (Fsp3) is 0.917. The van der Waals surface area contributed by atoms with Crippen molar-refractivity contribution >= 4 is 5.91 Å². The zero-order chi connectivity index (χ0) is 11.7. The molecule has 0 N–H and O–H groups in total. The molecule has 0 saturated heterocycles. The number of carbonyl (C=O) groups excluding carboxylic acids is 1. The van der Waals surface area contributed by atoms with Gasteiger partial charge in [0.2, 0.25) is 5.91 Å². The van der Waals surface area contributed by atoms with E-state index in [1.807, 2.05) is 0 Å². The van der Waals surface area contributed by atoms with Crippen LogP contribution in [0.2, 0.25) is 0 Å². The molecule has 0 aliphatic carbocycles. The molecule has 1 amide bonds. The van der Waals surface area contributed by atoms with Gasteiger partial charge in [-0.15, -0.1) is 0 Å². The molecule has 3 nitrogen and oxygen atoms in total. The van der Waals surface area contributed by atoms with Gasteiger partial charge >= 0.3 is 0 Å². The van der Waals surface area contributed by atoms with E-state index in [4.69, 9.17) is 4.74 Å². The maximum absolute atomic E-state index is 11.2. The van der Waals surface area contributed by atoms with Crippen LogP contribution in [-0.4, -0.2) is 38.1 Å². The minimum absolute atomic E-state index is 0.206. The van der Waals surface area contributed by atoms with Crippen molar-refractivity contribution in [3.05, 3.63) is 0 Å². The van der Waals surface area contributed by atoms with Gasteiger partial charge in [0.05, 0.1) is 0 Å². The Labute approximate surface area is 93.8 Å². The van der Waals surface area contributed by atoms with Gasteiger partial charge < -0.3 is 9.64 Å². The standard InChI is InChI=1S/C12H25NO2/c1-11(2)8-10-15-9-6-5-7-12(14)13(3)4/h11H,5-10H2,1-4H3. The third-order valence-corrected chi connectivity index (χ3v) is 2.27. The van der Waals surface area contributed by atoms with Crippen LogP contribution in [0, 0.1) is 5.92 Å². The Hall–Kier alpha value is -0.570. The van der Waals surface area contributed by atoms with E-state index in [9.17, 15) is 4.79 Å². The summed E-state index contributed by atoms with van der Waals surface area (Å²) in [5, 5.41) is 0. The highest BCUT2D eigenvalue weighted by molar-refractivity contribution is 5.75. The molecule has 90 valence electrons. The number of amides is 1. The fourth-order valence-electron chi connectivity index (χ4n) is 1.13. The average molecular weight is 215 g/mol. The molecule has 0 aliphatic heterocycles. The summed E-state index contributed by atoms with van der Waals surface area (Å²) in [6.45, 7) is 6.02. The molecule has 0 heterocycles. The maximum atomic E-state index is 11.2. The van der Waals surface area contributed by atoms with Gasteiger partial charge in [-0.05, 0) is 25.2 Å². The summed E-state index contributed by atoms with van der Waals surface area (Å²) in [5.74, 6) is 0.914. The number of ether oxygens (including phenoxy) is 1. The summed E-state index contributed by atoms with van der Waals surface area (Å²) in [6.07, 6.45) is 3.67. The molecule has 15 heavy (non-hydrogen) atoms. The van der Waals surface area contributed by atoms with Crippen molar-refractivity contribution in [2.45, 2.75) is 39.5 Å². The van der Waals surface area contributed by atoms with E-state index in [2.05, 4.69) is 13.8 Å². The van der Waals surface area contributed by atoms with E-state index in [-0.39, 0.29) is 5.91 Å². The molecule has 0 saturated carbocycles. The number of hydrogen-bond acceptors (Lipinski definition) is 2. The lowest BCUT2D eigenvalue weighted by Gasteiger charge is -2.10. The van der Waals surface area contributed by atoms with Gasteiger partial charge in [0.1, 0.15) is 0 Å². The number of hydrogen-bond donors (Lipinski definition) is 0. The van der Waals surface area contributed by atoms with Crippen molar-refractivity contribution in [1.82, 2.24) is 4.90 Å². The van der Waals surface area contributed by atoms with Crippen molar-refractivity contribution in [2.75, 3.05) is 27.3 Å². The lowest BCUT2D eigenvalue weighted by Crippen LogP contribution is -2.21. The topological polar surface area (TPSA) is 29.5 Å². The van der Waals surface area contributed by atoms with Crippen LogP contribution in [0.4, 0.5) is 0 Å². The zero-order valence-corrected chi connectivity index (χ0v) is 10.6. The van der Waals surface area contributed by atoms with Crippen LogP contribution < -0.4 is 0 Å². The fourth-order valence-corrected chi connectivity index (χ4v) is 1.13. The molecule has 3 heteroatoms.